The van der Waals surface area contributed by atoms with Crippen LogP contribution in [-0.2, 0) is 16.0 Å². The fourth-order valence-electron chi connectivity index (χ4n) is 1.49. The molecule has 0 aromatic heterocycles. The van der Waals surface area contributed by atoms with Crippen LogP contribution in [0.4, 0.5) is 0 Å². The van der Waals surface area contributed by atoms with Gasteiger partial charge in [-0.15, -0.1) is 0 Å². The molecule has 2 nitrogen and oxygen atoms in total. The van der Waals surface area contributed by atoms with Gasteiger partial charge in [-0.05, 0) is 31.7 Å². The fourth-order valence-corrected chi connectivity index (χ4v) is 2.00. The van der Waals surface area contributed by atoms with E-state index in [1.807, 2.05) is 0 Å². The van der Waals surface area contributed by atoms with Gasteiger partial charge in [0.15, 0.2) is 0 Å². The van der Waals surface area contributed by atoms with E-state index in [0.717, 1.165) is 19.3 Å². The zero-order chi connectivity index (χ0) is 12.0. The number of carbonyl (C=O) groups excluding carboxylic acids is 1. The summed E-state index contributed by atoms with van der Waals surface area (Å²) < 4.78 is 4.64. The molecular weight excluding hydrogens is 268 g/mol. The van der Waals surface area contributed by atoms with Crippen molar-refractivity contribution in [3.8, 4) is 0 Å². The van der Waals surface area contributed by atoms with Gasteiger partial charge >= 0.3 is 5.97 Å². The standard InChI is InChI=1S/C13H17BrO2/c1-10-6-8-11(9-7-10)4-3-5-12(14)13(15)16-2/h6-9,12H,3-5H2,1-2H3. The number of hydrogen-bond donors (Lipinski definition) is 0. The maximum atomic E-state index is 11.1. The van der Waals surface area contributed by atoms with Gasteiger partial charge in [-0.25, -0.2) is 0 Å². The van der Waals surface area contributed by atoms with Gasteiger partial charge in [0.2, 0.25) is 0 Å². The summed E-state index contributed by atoms with van der Waals surface area (Å²) in [5.74, 6) is -0.191. The van der Waals surface area contributed by atoms with Crippen molar-refractivity contribution < 1.29 is 9.53 Å². The molecule has 0 saturated carbocycles. The van der Waals surface area contributed by atoms with Crippen LogP contribution in [0.25, 0.3) is 0 Å². The molecule has 16 heavy (non-hydrogen) atoms. The monoisotopic (exact) mass is 284 g/mol. The second-order valence-electron chi connectivity index (χ2n) is 3.87. The quantitative estimate of drug-likeness (QED) is 0.613. The second-order valence-corrected chi connectivity index (χ2v) is 4.97. The van der Waals surface area contributed by atoms with E-state index in [-0.39, 0.29) is 10.8 Å². The Balaban J connectivity index is 2.30. The SMILES string of the molecule is COC(=O)C(Br)CCCc1ccc(C)cc1. The van der Waals surface area contributed by atoms with Gasteiger partial charge in [0.05, 0.1) is 7.11 Å². The molecule has 0 saturated heterocycles. The zero-order valence-electron chi connectivity index (χ0n) is 9.70. The molecule has 88 valence electrons. The second kappa shape index (κ2) is 6.69. The predicted octanol–water partition coefficient (Wildman–Crippen LogP) is 3.25. The highest BCUT2D eigenvalue weighted by Crippen LogP contribution is 2.13. The minimum Gasteiger partial charge on any atom is -0.468 e. The molecular formula is C13H17BrO2. The van der Waals surface area contributed by atoms with Gasteiger partial charge in [0, 0.05) is 0 Å². The van der Waals surface area contributed by atoms with Gasteiger partial charge in [-0.3, -0.25) is 4.79 Å². The molecule has 0 aliphatic rings. The first-order valence-electron chi connectivity index (χ1n) is 5.41. The number of esters is 1. The Bertz CT molecular complexity index is 332. The molecule has 0 amide bonds. The molecule has 0 radical (unpaired) electrons. The summed E-state index contributed by atoms with van der Waals surface area (Å²) in [6.07, 6.45) is 2.79. The van der Waals surface area contributed by atoms with Crippen LogP contribution in [0.3, 0.4) is 0 Å². The summed E-state index contributed by atoms with van der Waals surface area (Å²) >= 11 is 3.31. The van der Waals surface area contributed by atoms with Gasteiger partial charge in [-0.2, -0.15) is 0 Å². The van der Waals surface area contributed by atoms with Gasteiger partial charge < -0.3 is 4.74 Å². The van der Waals surface area contributed by atoms with E-state index >= 15 is 0 Å². The van der Waals surface area contributed by atoms with Crippen molar-refractivity contribution in [2.24, 2.45) is 0 Å². The zero-order valence-corrected chi connectivity index (χ0v) is 11.3. The van der Waals surface area contributed by atoms with E-state index in [1.165, 1.54) is 18.2 Å². The van der Waals surface area contributed by atoms with Crippen molar-refractivity contribution in [1.82, 2.24) is 0 Å². The van der Waals surface area contributed by atoms with Crippen molar-refractivity contribution in [2.45, 2.75) is 31.0 Å². The summed E-state index contributed by atoms with van der Waals surface area (Å²) in [7, 11) is 1.41. The van der Waals surface area contributed by atoms with Crippen molar-refractivity contribution in [3.05, 3.63) is 35.4 Å². The third-order valence-electron chi connectivity index (χ3n) is 2.50. The molecule has 0 N–H and O–H groups in total. The third kappa shape index (κ3) is 4.35. The molecule has 0 bridgehead atoms. The summed E-state index contributed by atoms with van der Waals surface area (Å²) in [5.41, 5.74) is 2.59. The molecule has 0 fully saturated rings. The smallest absolute Gasteiger partial charge is 0.319 e. The number of ether oxygens (including phenoxy) is 1. The Morgan fingerprint density at radius 1 is 1.38 bits per heavy atom. The van der Waals surface area contributed by atoms with Crippen molar-refractivity contribution in [2.75, 3.05) is 7.11 Å². The maximum Gasteiger partial charge on any atom is 0.319 e. The number of hydrogen-bond acceptors (Lipinski definition) is 2. The summed E-state index contributed by atoms with van der Waals surface area (Å²) in [4.78, 5) is 11.0. The topological polar surface area (TPSA) is 26.3 Å². The lowest BCUT2D eigenvalue weighted by Crippen LogP contribution is -2.15. The highest BCUT2D eigenvalue weighted by atomic mass is 79.9. The molecule has 0 aliphatic carbocycles. The molecule has 1 unspecified atom stereocenters. The molecule has 0 aliphatic heterocycles. The molecule has 1 aromatic carbocycles. The number of alkyl halides is 1. The Kier molecular flexibility index (Phi) is 5.53. The highest BCUT2D eigenvalue weighted by molar-refractivity contribution is 9.10. The van der Waals surface area contributed by atoms with Crippen LogP contribution < -0.4 is 0 Å². The molecule has 0 spiro atoms. The van der Waals surface area contributed by atoms with Crippen LogP contribution in [0, 0.1) is 6.92 Å². The van der Waals surface area contributed by atoms with Crippen molar-refractivity contribution in [1.29, 1.82) is 0 Å². The van der Waals surface area contributed by atoms with E-state index in [0.29, 0.717) is 0 Å². The fraction of sp³-hybridized carbons (Fsp3) is 0.462. The minimum atomic E-state index is -0.191. The lowest BCUT2D eigenvalue weighted by molar-refractivity contribution is -0.139. The number of rotatable bonds is 5. The molecule has 1 atom stereocenters. The average Bonchev–Trinajstić information content (AvgIpc) is 2.30. The van der Waals surface area contributed by atoms with E-state index in [4.69, 9.17) is 0 Å². The van der Waals surface area contributed by atoms with Crippen LogP contribution in [0.15, 0.2) is 24.3 Å². The number of benzene rings is 1. The van der Waals surface area contributed by atoms with Crippen LogP contribution in [0.2, 0.25) is 0 Å². The number of carbonyl (C=O) groups is 1. The van der Waals surface area contributed by atoms with E-state index < -0.39 is 0 Å². The Hall–Kier alpha value is -0.830. The first-order valence-corrected chi connectivity index (χ1v) is 6.32. The first kappa shape index (κ1) is 13.2. The Morgan fingerprint density at radius 3 is 2.56 bits per heavy atom. The Morgan fingerprint density at radius 2 is 2.00 bits per heavy atom. The predicted molar refractivity (Wildman–Crippen MR) is 68.8 cm³/mol. The van der Waals surface area contributed by atoms with Gasteiger partial charge in [0.1, 0.15) is 4.83 Å². The summed E-state index contributed by atoms with van der Waals surface area (Å²) in [6, 6.07) is 8.50. The normalized spacial score (nSPS) is 12.2. The third-order valence-corrected chi connectivity index (χ3v) is 3.33. The number of aryl methyl sites for hydroxylation is 2. The minimum absolute atomic E-state index is 0.178. The van der Waals surface area contributed by atoms with Gasteiger partial charge in [0.25, 0.3) is 0 Å². The van der Waals surface area contributed by atoms with Gasteiger partial charge in [-0.1, -0.05) is 45.8 Å². The van der Waals surface area contributed by atoms with Crippen LogP contribution in [0.5, 0.6) is 0 Å². The number of halogens is 1. The lowest BCUT2D eigenvalue weighted by atomic mass is 10.1. The largest absolute Gasteiger partial charge is 0.468 e. The van der Waals surface area contributed by atoms with E-state index in [9.17, 15) is 4.79 Å². The van der Waals surface area contributed by atoms with E-state index in [2.05, 4.69) is 51.9 Å². The average molecular weight is 285 g/mol. The molecule has 3 heteroatoms. The van der Waals surface area contributed by atoms with Crippen LogP contribution >= 0.6 is 15.9 Å². The Labute approximate surface area is 105 Å². The van der Waals surface area contributed by atoms with Crippen molar-refractivity contribution in [3.63, 3.8) is 0 Å². The lowest BCUT2D eigenvalue weighted by Gasteiger charge is -2.07. The van der Waals surface area contributed by atoms with Crippen LogP contribution in [0.1, 0.15) is 24.0 Å². The highest BCUT2D eigenvalue weighted by Gasteiger charge is 2.13. The summed E-state index contributed by atoms with van der Waals surface area (Å²) in [5, 5.41) is 0. The van der Waals surface area contributed by atoms with Crippen LogP contribution in [-0.4, -0.2) is 17.9 Å². The molecule has 1 rings (SSSR count). The van der Waals surface area contributed by atoms with E-state index in [1.54, 1.807) is 0 Å². The first-order chi connectivity index (χ1) is 7.63. The maximum absolute atomic E-state index is 11.1. The molecule has 0 heterocycles. The van der Waals surface area contributed by atoms with Crippen molar-refractivity contribution >= 4 is 21.9 Å². The molecule has 1 aromatic rings. The number of methoxy groups -OCH3 is 1. The summed E-state index contributed by atoms with van der Waals surface area (Å²) in [6.45, 7) is 2.08.